The van der Waals surface area contributed by atoms with Gasteiger partial charge in [-0.2, -0.15) is 0 Å². The molecule has 1 heterocycles. The molecule has 0 bridgehead atoms. The van der Waals surface area contributed by atoms with Crippen LogP contribution >= 0.6 is 15.9 Å². The molecule has 2 nitrogen and oxygen atoms in total. The van der Waals surface area contributed by atoms with Crippen LogP contribution in [0.15, 0.2) is 22.7 Å². The zero-order valence-corrected chi connectivity index (χ0v) is 11.5. The predicted molar refractivity (Wildman–Crippen MR) is 54.2 cm³/mol. The standard InChI is InChI=1S/C9H8BrO2.Po/c10-8-3-1-2-7(4-8)9(11)5-12-6-9;/h1-2,4,11H,5-6H2;. The summed E-state index contributed by atoms with van der Waals surface area (Å²) < 4.78 is 7.33. The van der Waals surface area contributed by atoms with Gasteiger partial charge in [-0.15, -0.1) is 0 Å². The number of rotatable bonds is 1. The van der Waals surface area contributed by atoms with Crippen LogP contribution in [0.2, 0.25) is 0 Å². The zero-order valence-electron chi connectivity index (χ0n) is 6.79. The van der Waals surface area contributed by atoms with E-state index in [2.05, 4.69) is 15.9 Å². The van der Waals surface area contributed by atoms with Crippen LogP contribution in [0.3, 0.4) is 0 Å². The molecule has 1 aliphatic heterocycles. The van der Waals surface area contributed by atoms with Gasteiger partial charge in [0.05, 0.1) is 0 Å². The Hall–Kier alpha value is 0.516. The molecule has 69 valence electrons. The summed E-state index contributed by atoms with van der Waals surface area (Å²) in [6.07, 6.45) is 0. The molecule has 1 aromatic carbocycles. The van der Waals surface area contributed by atoms with Crippen molar-refractivity contribution >= 4 is 44.2 Å². The molecule has 1 saturated heterocycles. The Morgan fingerprint density at radius 3 is 2.62 bits per heavy atom. The average Bonchev–Trinajstić information content (AvgIpc) is 2.06. The van der Waals surface area contributed by atoms with Crippen LogP contribution < -0.4 is 3.22 Å². The van der Waals surface area contributed by atoms with Crippen molar-refractivity contribution in [2.24, 2.45) is 0 Å². The minimum absolute atomic E-state index is 0.412. The molecule has 1 N–H and O–H groups in total. The topological polar surface area (TPSA) is 29.5 Å². The van der Waals surface area contributed by atoms with Gasteiger partial charge in [0.1, 0.15) is 0 Å². The fraction of sp³-hybridized carbons (Fsp3) is 0.333. The van der Waals surface area contributed by atoms with Gasteiger partial charge in [-0.25, -0.2) is 0 Å². The van der Waals surface area contributed by atoms with Gasteiger partial charge in [-0.1, -0.05) is 0 Å². The Morgan fingerprint density at radius 2 is 2.15 bits per heavy atom. The van der Waals surface area contributed by atoms with Crippen LogP contribution in [0, 0.1) is 0 Å². The third-order valence-corrected chi connectivity index (χ3v) is 5.32. The summed E-state index contributed by atoms with van der Waals surface area (Å²) in [6.45, 7) is 0.824. The third-order valence-electron chi connectivity index (χ3n) is 2.15. The zero-order chi connectivity index (χ0) is 9.47. The fourth-order valence-electron chi connectivity index (χ4n) is 1.25. The Balaban J connectivity index is 2.36. The van der Waals surface area contributed by atoms with E-state index >= 15 is 0 Å². The van der Waals surface area contributed by atoms with Gasteiger partial charge in [0, 0.05) is 0 Å². The second-order valence-corrected chi connectivity index (χ2v) is 5.73. The first-order valence-electron chi connectivity index (χ1n) is 3.89. The third kappa shape index (κ3) is 1.83. The average molecular weight is 437 g/mol. The second-order valence-electron chi connectivity index (χ2n) is 3.17. The van der Waals surface area contributed by atoms with E-state index < -0.39 is 5.60 Å². The summed E-state index contributed by atoms with van der Waals surface area (Å²) in [5.41, 5.74) is 0.196. The van der Waals surface area contributed by atoms with E-state index in [-0.39, 0.29) is 0 Å². The first kappa shape index (κ1) is 10.0. The van der Waals surface area contributed by atoms with Gasteiger partial charge in [0.25, 0.3) is 0 Å². The molecule has 0 saturated carbocycles. The first-order chi connectivity index (χ1) is 6.12. The molecular formula is C9H8BrO2Po. The maximum absolute atomic E-state index is 9.96. The molecule has 1 radical (unpaired) electrons. The van der Waals surface area contributed by atoms with Crippen LogP contribution in [0.25, 0.3) is 0 Å². The number of aliphatic hydroxyl groups is 1. The Bertz CT molecular complexity index is 336. The molecule has 1 aromatic rings. The molecule has 13 heavy (non-hydrogen) atoms. The van der Waals surface area contributed by atoms with Crippen molar-refractivity contribution in [1.29, 1.82) is 0 Å². The maximum atomic E-state index is 9.96. The first-order valence-corrected chi connectivity index (χ1v) is 6.27. The van der Waals surface area contributed by atoms with Crippen LogP contribution in [0.1, 0.15) is 5.56 Å². The summed E-state index contributed by atoms with van der Waals surface area (Å²) >= 11 is 4.88. The molecule has 0 aromatic heterocycles. The van der Waals surface area contributed by atoms with Crippen LogP contribution in [-0.4, -0.2) is 43.4 Å². The number of hydrogen-bond donors (Lipinski definition) is 1. The van der Waals surface area contributed by atoms with Crippen molar-refractivity contribution < 1.29 is 9.84 Å². The van der Waals surface area contributed by atoms with E-state index in [1.54, 1.807) is 0 Å². The molecular weight excluding hydrogens is 429 g/mol. The van der Waals surface area contributed by atoms with Crippen LogP contribution in [0.4, 0.5) is 0 Å². The fourth-order valence-corrected chi connectivity index (χ4v) is 2.12. The number of hydrogen-bond acceptors (Lipinski definition) is 2. The van der Waals surface area contributed by atoms with Crippen molar-refractivity contribution in [3.05, 3.63) is 28.2 Å². The number of ether oxygens (including phenoxy) is 1. The van der Waals surface area contributed by atoms with E-state index in [1.165, 1.54) is 28.3 Å². The molecule has 1 fully saturated rings. The van der Waals surface area contributed by atoms with E-state index in [4.69, 9.17) is 4.74 Å². The summed E-state index contributed by atoms with van der Waals surface area (Å²) in [4.78, 5) is 0. The normalized spacial score (nSPS) is 19.5. The van der Waals surface area contributed by atoms with E-state index in [0.717, 1.165) is 10.0 Å². The summed E-state index contributed by atoms with van der Waals surface area (Å²) in [5, 5.41) is 9.96. The molecule has 4 heteroatoms. The van der Waals surface area contributed by atoms with Crippen molar-refractivity contribution in [1.82, 2.24) is 0 Å². The molecule has 0 aliphatic carbocycles. The quantitative estimate of drug-likeness (QED) is 0.693. The van der Waals surface area contributed by atoms with E-state index in [9.17, 15) is 5.11 Å². The summed E-state index contributed by atoms with van der Waals surface area (Å²) in [6, 6.07) is 5.98. The Kier molecular flexibility index (Phi) is 2.77. The van der Waals surface area contributed by atoms with Crippen LogP contribution in [-0.2, 0) is 10.3 Å². The SMILES string of the molecule is OC1(c2cc[c]([Po])c(Br)c2)COC1. The molecule has 0 spiro atoms. The van der Waals surface area contributed by atoms with Gasteiger partial charge >= 0.3 is 101 Å². The predicted octanol–water partition coefficient (Wildman–Crippen LogP) is 0.461. The monoisotopic (exact) mass is 436 g/mol. The number of benzene rings is 1. The van der Waals surface area contributed by atoms with Crippen molar-refractivity contribution in [2.75, 3.05) is 13.2 Å². The van der Waals surface area contributed by atoms with Gasteiger partial charge in [0.15, 0.2) is 0 Å². The summed E-state index contributed by atoms with van der Waals surface area (Å²) in [5.74, 6) is 0. The summed E-state index contributed by atoms with van der Waals surface area (Å²) in [7, 11) is 0. The van der Waals surface area contributed by atoms with Crippen molar-refractivity contribution in [2.45, 2.75) is 5.60 Å². The van der Waals surface area contributed by atoms with Crippen molar-refractivity contribution in [3.8, 4) is 0 Å². The van der Waals surface area contributed by atoms with Gasteiger partial charge in [-0.05, 0) is 0 Å². The molecule has 1 aliphatic rings. The molecule has 0 unspecified atom stereocenters. The Morgan fingerprint density at radius 1 is 1.46 bits per heavy atom. The van der Waals surface area contributed by atoms with Gasteiger partial charge in [-0.3, -0.25) is 0 Å². The van der Waals surface area contributed by atoms with E-state index in [0.29, 0.717) is 13.2 Å². The van der Waals surface area contributed by atoms with Crippen LogP contribution in [0.5, 0.6) is 0 Å². The molecule has 0 atom stereocenters. The molecule has 0 amide bonds. The van der Waals surface area contributed by atoms with E-state index in [1.807, 2.05) is 18.2 Å². The van der Waals surface area contributed by atoms with Gasteiger partial charge in [0.2, 0.25) is 0 Å². The van der Waals surface area contributed by atoms with Gasteiger partial charge < -0.3 is 0 Å². The second kappa shape index (κ2) is 3.59. The Labute approximate surface area is 101 Å². The van der Waals surface area contributed by atoms with Crippen molar-refractivity contribution in [3.63, 3.8) is 0 Å². The molecule has 2 rings (SSSR count). The minimum atomic E-state index is -0.744. The number of halogens is 1.